The Kier molecular flexibility index (Phi) is 20.7. The SMILES string of the molecule is C#CN(C#C)c1nc(NCCO)nc(Nc2ccc(C=Cc3ccc(Nc4nc(NCC(O)CO)nc(N(C#C)C#C)n4)cc3SOO[O-])c(S(=O)(=O)[O-])c2)n1.[Na+].[Na+]. The zero-order valence-electron chi connectivity index (χ0n) is 30.5. The molecule has 0 radical (unpaired) electrons. The van der Waals surface area contributed by atoms with Gasteiger partial charge in [0.05, 0.1) is 36.3 Å². The summed E-state index contributed by atoms with van der Waals surface area (Å²) in [5, 5.41) is 53.5. The summed E-state index contributed by atoms with van der Waals surface area (Å²) in [6.45, 7) is -0.835. The molecule has 0 bridgehead atoms. The Morgan fingerprint density at radius 1 is 0.793 bits per heavy atom. The fourth-order valence-electron chi connectivity index (χ4n) is 4.22. The number of aliphatic hydroxyl groups excluding tert-OH is 3. The van der Waals surface area contributed by atoms with Gasteiger partial charge in [-0.2, -0.15) is 44.0 Å². The van der Waals surface area contributed by atoms with Gasteiger partial charge in [0.2, 0.25) is 23.8 Å². The van der Waals surface area contributed by atoms with Gasteiger partial charge in [0.15, 0.2) is 0 Å². The first-order valence-electron chi connectivity index (χ1n) is 15.4. The summed E-state index contributed by atoms with van der Waals surface area (Å²) in [7, 11) is -5.07. The molecule has 4 rings (SSSR count). The van der Waals surface area contributed by atoms with Gasteiger partial charge in [-0.1, -0.05) is 50.0 Å². The number of terminal acetylenes is 4. The first-order valence-corrected chi connectivity index (χ1v) is 17.5. The second-order valence-electron chi connectivity index (χ2n) is 10.4. The van der Waals surface area contributed by atoms with E-state index in [1.54, 1.807) is 12.1 Å². The van der Waals surface area contributed by atoms with Crippen molar-refractivity contribution in [2.75, 3.05) is 57.4 Å². The predicted molar refractivity (Wildman–Crippen MR) is 201 cm³/mol. The average Bonchev–Trinajstić information content (AvgIpc) is 3.18. The van der Waals surface area contributed by atoms with Crippen LogP contribution in [0.5, 0.6) is 0 Å². The van der Waals surface area contributed by atoms with Gasteiger partial charge in [0.1, 0.15) is 10.1 Å². The molecule has 25 heteroatoms. The van der Waals surface area contributed by atoms with Crippen molar-refractivity contribution in [3.8, 4) is 49.9 Å². The van der Waals surface area contributed by atoms with Crippen LogP contribution < -0.4 is 95.4 Å². The van der Waals surface area contributed by atoms with Gasteiger partial charge in [-0.05, 0) is 35.4 Å². The van der Waals surface area contributed by atoms with Crippen molar-refractivity contribution in [3.63, 3.8) is 0 Å². The smallest absolute Gasteiger partial charge is 0.744 e. The zero-order chi connectivity index (χ0) is 40.7. The molecule has 58 heavy (non-hydrogen) atoms. The molecule has 2 heterocycles. The van der Waals surface area contributed by atoms with E-state index in [1.807, 2.05) is 0 Å². The normalized spacial score (nSPS) is 11.0. The van der Waals surface area contributed by atoms with E-state index in [-0.39, 0.29) is 131 Å². The summed E-state index contributed by atoms with van der Waals surface area (Å²) >= 11 is 0.505. The molecule has 0 aliphatic rings. The van der Waals surface area contributed by atoms with Gasteiger partial charge in [0, 0.05) is 53.5 Å². The molecular formula is C33H28N12Na2O9S2. The number of hydrogen-bond donors (Lipinski definition) is 7. The van der Waals surface area contributed by atoms with Crippen molar-refractivity contribution in [2.45, 2.75) is 15.9 Å². The monoisotopic (exact) mass is 846 g/mol. The predicted octanol–water partition coefficient (Wildman–Crippen LogP) is -6.00. The van der Waals surface area contributed by atoms with E-state index in [2.05, 4.69) is 84.7 Å². The molecule has 0 aliphatic carbocycles. The van der Waals surface area contributed by atoms with Crippen molar-refractivity contribution in [2.24, 2.45) is 0 Å². The maximum absolute atomic E-state index is 12.4. The van der Waals surface area contributed by atoms with Gasteiger partial charge in [0.25, 0.3) is 11.9 Å². The maximum Gasteiger partial charge on any atom is 1.00 e. The first kappa shape index (κ1) is 49.4. The van der Waals surface area contributed by atoms with Gasteiger partial charge < -0.3 is 46.4 Å². The fraction of sp³-hybridized carbons (Fsp3) is 0.152. The molecule has 21 nitrogen and oxygen atoms in total. The van der Waals surface area contributed by atoms with Gasteiger partial charge in [-0.3, -0.25) is 5.04 Å². The Morgan fingerprint density at radius 2 is 1.29 bits per heavy atom. The van der Waals surface area contributed by atoms with Gasteiger partial charge in [-0.15, -0.1) is 0 Å². The first-order chi connectivity index (χ1) is 26.9. The summed E-state index contributed by atoms with van der Waals surface area (Å²) in [5.41, 5.74) is 0.753. The Hall–Kier alpha value is -4.74. The molecule has 4 aromatic rings. The van der Waals surface area contributed by atoms with Crippen LogP contribution in [0.1, 0.15) is 11.1 Å². The number of nitrogens with one attached hydrogen (secondary N) is 4. The van der Waals surface area contributed by atoms with Crippen LogP contribution >= 0.6 is 12.0 Å². The third-order valence-corrected chi connectivity index (χ3v) is 8.22. The Morgan fingerprint density at radius 3 is 1.79 bits per heavy atom. The third kappa shape index (κ3) is 14.3. The molecule has 0 saturated carbocycles. The fourth-order valence-corrected chi connectivity index (χ4v) is 5.43. The number of benzene rings is 2. The van der Waals surface area contributed by atoms with E-state index in [4.69, 9.17) is 30.8 Å². The number of nitrogens with zero attached hydrogens (tertiary/aromatic N) is 8. The minimum Gasteiger partial charge on any atom is -0.744 e. The van der Waals surface area contributed by atoms with Crippen molar-refractivity contribution in [3.05, 3.63) is 47.5 Å². The van der Waals surface area contributed by atoms with Crippen LogP contribution in [-0.4, -0.2) is 90.6 Å². The average molecular weight is 847 g/mol. The molecule has 7 N–H and O–H groups in total. The molecule has 0 amide bonds. The van der Waals surface area contributed by atoms with Crippen LogP contribution in [0.15, 0.2) is 46.2 Å². The number of anilines is 8. The summed E-state index contributed by atoms with van der Waals surface area (Å²) in [6, 6.07) is 17.2. The second-order valence-corrected chi connectivity index (χ2v) is 12.5. The molecule has 0 fully saturated rings. The molecule has 2 aromatic carbocycles. The minimum atomic E-state index is -5.07. The molecule has 0 aliphatic heterocycles. The van der Waals surface area contributed by atoms with Gasteiger partial charge in [-0.25, -0.2) is 8.42 Å². The minimum absolute atomic E-state index is 0. The molecular weight excluding hydrogens is 819 g/mol. The van der Waals surface area contributed by atoms with Crippen LogP contribution in [0, 0.1) is 49.9 Å². The molecule has 288 valence electrons. The van der Waals surface area contributed by atoms with E-state index < -0.39 is 27.7 Å². The number of rotatable bonds is 19. The molecule has 0 spiro atoms. The van der Waals surface area contributed by atoms with Crippen molar-refractivity contribution in [1.29, 1.82) is 0 Å². The van der Waals surface area contributed by atoms with E-state index in [0.717, 1.165) is 15.9 Å². The van der Waals surface area contributed by atoms with E-state index in [9.17, 15) is 28.4 Å². The van der Waals surface area contributed by atoms with E-state index in [0.29, 0.717) is 23.3 Å². The Bertz CT molecular complexity index is 2330. The summed E-state index contributed by atoms with van der Waals surface area (Å²) in [4.78, 5) is 26.4. The summed E-state index contributed by atoms with van der Waals surface area (Å²) in [6.07, 6.45) is 23.4. The van der Waals surface area contributed by atoms with Crippen LogP contribution in [-0.2, 0) is 19.5 Å². The maximum atomic E-state index is 12.4. The Balaban J connectivity index is 0.00000580. The number of aliphatic hydroxyl groups is 3. The van der Waals surface area contributed by atoms with Crippen LogP contribution in [0.3, 0.4) is 0 Å². The van der Waals surface area contributed by atoms with E-state index >= 15 is 0 Å². The number of hydrogen-bond acceptors (Lipinski definition) is 22. The zero-order valence-corrected chi connectivity index (χ0v) is 36.2. The van der Waals surface area contributed by atoms with Crippen molar-refractivity contribution >= 4 is 81.4 Å². The van der Waals surface area contributed by atoms with Crippen molar-refractivity contribution in [1.82, 2.24) is 29.9 Å². The quantitative estimate of drug-likeness (QED) is 0.00676. The standard InChI is InChI=1S/C33H30N12O9S2.2Na/c1-5-44(6-2)32-40-28(34-15-16-46)38-31(43-32)37-24-14-12-22(27(18-24)56(50,51)52)10-9-21-11-13-23(17-26(21)55-54-53-49)36-30-39-29(35-19-25(48)20-47)41-33(42-30)45(7-3)8-4;;/h1-4,9-14,17-18,25,46-49H,15-16,19-20H2,(H,50,51,52)(H2,34,37,38,40,43)(H2,35,36,39,41,42);;/q;2*+1/p-2. The topological polar surface area (TPSA) is 291 Å². The van der Waals surface area contributed by atoms with E-state index in [1.165, 1.54) is 30.4 Å². The second kappa shape index (κ2) is 24.2. The largest absolute Gasteiger partial charge is 1.00 e. The molecule has 1 unspecified atom stereocenters. The molecule has 2 aromatic heterocycles. The molecule has 0 saturated heterocycles. The third-order valence-electron chi connectivity index (χ3n) is 6.67. The molecule has 1 atom stereocenters. The summed E-state index contributed by atoms with van der Waals surface area (Å²) < 4.78 is 41.8. The van der Waals surface area contributed by atoms with Gasteiger partial charge >= 0.3 is 59.1 Å². The van der Waals surface area contributed by atoms with Crippen molar-refractivity contribution < 1.29 is 102 Å². The van der Waals surface area contributed by atoms with Crippen LogP contribution in [0.25, 0.3) is 12.2 Å². The van der Waals surface area contributed by atoms with Crippen LogP contribution in [0.4, 0.5) is 47.1 Å². The number of aromatic nitrogens is 6. The summed E-state index contributed by atoms with van der Waals surface area (Å²) in [5.74, 6) is -0.548. The Labute approximate surface area is 380 Å². The van der Waals surface area contributed by atoms with Crippen LogP contribution in [0.2, 0.25) is 0 Å².